The molecular weight excluding hydrogens is 198 g/mol. The normalized spacial score (nSPS) is 10.8. The number of hydrogen-bond acceptors (Lipinski definition) is 5. The van der Waals surface area contributed by atoms with Gasteiger partial charge in [-0.1, -0.05) is 12.1 Å². The van der Waals surface area contributed by atoms with E-state index in [4.69, 9.17) is 0 Å². The number of hydrogen-bond donors (Lipinski definition) is 0. The lowest BCUT2D eigenvalue weighted by molar-refractivity contribution is 0.215. The Morgan fingerprint density at radius 1 is 1.64 bits per heavy atom. The van der Waals surface area contributed by atoms with Crippen LogP contribution in [0.3, 0.4) is 0 Å². The number of nitrogens with zero attached hydrogens (tertiary/aromatic N) is 3. The van der Waals surface area contributed by atoms with Gasteiger partial charge in [-0.05, 0) is 12.7 Å². The van der Waals surface area contributed by atoms with Crippen LogP contribution in [0.1, 0.15) is 18.3 Å². The first-order valence-electron chi connectivity index (χ1n) is 4.31. The highest BCUT2D eigenvalue weighted by Crippen LogP contribution is 2.17. The molecule has 4 nitrogen and oxygen atoms in total. The molecule has 0 aliphatic rings. The Hall–Kier alpha value is -1.10. The second-order valence-corrected chi connectivity index (χ2v) is 3.79. The Bertz CT molecular complexity index is 328. The Labute approximate surface area is 87.8 Å². The molecule has 5 heteroatoms. The lowest BCUT2D eigenvalue weighted by atomic mass is 10.4. The van der Waals surface area contributed by atoms with Gasteiger partial charge in [-0.3, -0.25) is 4.98 Å². The van der Waals surface area contributed by atoms with E-state index in [0.29, 0.717) is 5.69 Å². The molecular formula is C9H13N3OS. The van der Waals surface area contributed by atoms with Crippen molar-refractivity contribution in [1.29, 1.82) is 0 Å². The molecule has 0 atom stereocenters. The Kier molecular flexibility index (Phi) is 4.39. The quantitative estimate of drug-likeness (QED) is 0.433. The van der Waals surface area contributed by atoms with Gasteiger partial charge in [-0.15, -0.1) is 11.8 Å². The molecule has 1 heterocycles. The summed E-state index contributed by atoms with van der Waals surface area (Å²) in [7, 11) is 1.50. The molecule has 0 radical (unpaired) electrons. The molecule has 0 unspecified atom stereocenters. The van der Waals surface area contributed by atoms with Crippen LogP contribution in [0.25, 0.3) is 0 Å². The second-order valence-electron chi connectivity index (χ2n) is 2.54. The number of oxime groups is 1. The van der Waals surface area contributed by atoms with Gasteiger partial charge in [-0.25, -0.2) is 4.98 Å². The van der Waals surface area contributed by atoms with Crippen molar-refractivity contribution in [2.45, 2.75) is 18.9 Å². The van der Waals surface area contributed by atoms with E-state index < -0.39 is 0 Å². The summed E-state index contributed by atoms with van der Waals surface area (Å²) in [5.41, 5.74) is 1.67. The molecule has 0 saturated carbocycles. The first kappa shape index (κ1) is 11.0. The van der Waals surface area contributed by atoms with E-state index in [2.05, 4.69) is 26.9 Å². The molecule has 0 fully saturated rings. The molecule has 1 rings (SSSR count). The van der Waals surface area contributed by atoms with Crippen LogP contribution in [0.4, 0.5) is 0 Å². The van der Waals surface area contributed by atoms with Crippen molar-refractivity contribution in [3.63, 3.8) is 0 Å². The average Bonchev–Trinajstić information content (AvgIpc) is 2.19. The minimum absolute atomic E-state index is 0.716. The lowest BCUT2D eigenvalue weighted by Gasteiger charge is -2.02. The van der Waals surface area contributed by atoms with Gasteiger partial charge in [0.05, 0.1) is 18.1 Å². The van der Waals surface area contributed by atoms with Crippen LogP contribution in [0, 0.1) is 6.92 Å². The summed E-state index contributed by atoms with van der Waals surface area (Å²) in [6.07, 6.45) is 3.23. The standard InChI is InChI=1S/C9H13N3OS/c1-4-14-9-7(2)10-5-8(12-9)6-11-13-3/h5-6H,4H2,1-3H3/b11-6+. The fraction of sp³-hybridized carbons (Fsp3) is 0.444. The minimum atomic E-state index is 0.716. The third-order valence-electron chi connectivity index (χ3n) is 1.50. The van der Waals surface area contributed by atoms with Crippen molar-refractivity contribution in [3.8, 4) is 0 Å². The summed E-state index contributed by atoms with van der Waals surface area (Å²) in [5, 5.41) is 4.59. The monoisotopic (exact) mass is 211 g/mol. The lowest BCUT2D eigenvalue weighted by Crippen LogP contribution is -1.96. The fourth-order valence-electron chi connectivity index (χ4n) is 0.888. The first-order valence-corrected chi connectivity index (χ1v) is 5.29. The van der Waals surface area contributed by atoms with E-state index in [0.717, 1.165) is 16.5 Å². The zero-order valence-corrected chi connectivity index (χ0v) is 9.34. The van der Waals surface area contributed by atoms with Gasteiger partial charge in [0.2, 0.25) is 0 Å². The predicted molar refractivity (Wildman–Crippen MR) is 57.8 cm³/mol. The smallest absolute Gasteiger partial charge is 0.118 e. The highest BCUT2D eigenvalue weighted by molar-refractivity contribution is 7.99. The van der Waals surface area contributed by atoms with Crippen molar-refractivity contribution >= 4 is 18.0 Å². The maximum atomic E-state index is 4.57. The SMILES string of the molecule is CCSc1nc(/C=N/OC)cnc1C. The predicted octanol–water partition coefficient (Wildman–Crippen LogP) is 1.88. The van der Waals surface area contributed by atoms with E-state index in [-0.39, 0.29) is 0 Å². The van der Waals surface area contributed by atoms with Crippen LogP contribution < -0.4 is 0 Å². The van der Waals surface area contributed by atoms with Crippen LogP contribution >= 0.6 is 11.8 Å². The van der Waals surface area contributed by atoms with Crippen LogP contribution in [0.2, 0.25) is 0 Å². The second kappa shape index (κ2) is 5.59. The van der Waals surface area contributed by atoms with Crippen molar-refractivity contribution < 1.29 is 4.84 Å². The van der Waals surface area contributed by atoms with Gasteiger partial charge in [0, 0.05) is 0 Å². The Morgan fingerprint density at radius 3 is 3.07 bits per heavy atom. The maximum Gasteiger partial charge on any atom is 0.118 e. The van der Waals surface area contributed by atoms with Gasteiger partial charge in [-0.2, -0.15) is 0 Å². The van der Waals surface area contributed by atoms with Gasteiger partial charge < -0.3 is 4.84 Å². The van der Waals surface area contributed by atoms with Crippen LogP contribution in [0.15, 0.2) is 16.4 Å². The Balaban J connectivity index is 2.88. The average molecular weight is 211 g/mol. The molecule has 0 aromatic carbocycles. The molecule has 0 aliphatic heterocycles. The number of thioether (sulfide) groups is 1. The largest absolute Gasteiger partial charge is 0.399 e. The fourth-order valence-corrected chi connectivity index (χ4v) is 1.59. The zero-order valence-electron chi connectivity index (χ0n) is 8.52. The molecule has 0 N–H and O–H groups in total. The molecule has 0 bridgehead atoms. The zero-order chi connectivity index (χ0) is 10.4. The van der Waals surface area contributed by atoms with Gasteiger partial charge in [0.25, 0.3) is 0 Å². The molecule has 14 heavy (non-hydrogen) atoms. The van der Waals surface area contributed by atoms with Gasteiger partial charge >= 0.3 is 0 Å². The summed E-state index contributed by atoms with van der Waals surface area (Å²) in [6, 6.07) is 0. The van der Waals surface area contributed by atoms with Crippen LogP contribution in [-0.4, -0.2) is 29.0 Å². The summed E-state index contributed by atoms with van der Waals surface area (Å²) >= 11 is 1.67. The van der Waals surface area contributed by atoms with E-state index >= 15 is 0 Å². The van der Waals surface area contributed by atoms with Gasteiger partial charge in [0.15, 0.2) is 0 Å². The summed E-state index contributed by atoms with van der Waals surface area (Å²) in [4.78, 5) is 13.2. The number of aromatic nitrogens is 2. The molecule has 1 aromatic heterocycles. The first-order chi connectivity index (χ1) is 6.77. The van der Waals surface area contributed by atoms with E-state index in [1.807, 2.05) is 6.92 Å². The van der Waals surface area contributed by atoms with Crippen molar-refractivity contribution in [3.05, 3.63) is 17.6 Å². The van der Waals surface area contributed by atoms with Gasteiger partial charge in [0.1, 0.15) is 17.8 Å². The van der Waals surface area contributed by atoms with Crippen LogP contribution in [-0.2, 0) is 4.84 Å². The van der Waals surface area contributed by atoms with Crippen molar-refractivity contribution in [1.82, 2.24) is 9.97 Å². The van der Waals surface area contributed by atoms with Crippen LogP contribution in [0.5, 0.6) is 0 Å². The van der Waals surface area contributed by atoms with E-state index in [1.54, 1.807) is 24.2 Å². The summed E-state index contributed by atoms with van der Waals surface area (Å²) in [6.45, 7) is 4.03. The minimum Gasteiger partial charge on any atom is -0.399 e. The molecule has 0 amide bonds. The molecule has 76 valence electrons. The van der Waals surface area contributed by atoms with Crippen molar-refractivity contribution in [2.24, 2.45) is 5.16 Å². The molecule has 0 saturated heterocycles. The van der Waals surface area contributed by atoms with E-state index in [1.165, 1.54) is 7.11 Å². The Morgan fingerprint density at radius 2 is 2.43 bits per heavy atom. The number of aryl methyl sites for hydroxylation is 1. The van der Waals surface area contributed by atoms with Crippen molar-refractivity contribution in [2.75, 3.05) is 12.9 Å². The highest BCUT2D eigenvalue weighted by Gasteiger charge is 2.01. The molecule has 0 aliphatic carbocycles. The number of rotatable bonds is 4. The third-order valence-corrected chi connectivity index (χ3v) is 2.45. The highest BCUT2D eigenvalue weighted by atomic mass is 32.2. The summed E-state index contributed by atoms with van der Waals surface area (Å²) < 4.78 is 0. The summed E-state index contributed by atoms with van der Waals surface area (Å²) in [5.74, 6) is 0.987. The molecule has 0 spiro atoms. The molecule has 1 aromatic rings. The maximum absolute atomic E-state index is 4.57. The third kappa shape index (κ3) is 2.99. The van der Waals surface area contributed by atoms with E-state index in [9.17, 15) is 0 Å². The topological polar surface area (TPSA) is 47.4 Å².